The molecular weight excluding hydrogens is 1550 g/mol. The molecule has 674 valence electrons. The Bertz CT molecular complexity index is 3430. The van der Waals surface area contributed by atoms with Crippen LogP contribution in [0.3, 0.4) is 0 Å². The van der Waals surface area contributed by atoms with Crippen molar-refractivity contribution in [2.24, 2.45) is 51.4 Å². The number of H-pyrrole nitrogens is 1. The number of aliphatic carboxylic acids is 3. The maximum Gasteiger partial charge on any atom is 0.326 e. The first-order chi connectivity index (χ1) is 56.1. The SMILES string of the molecule is CCCCCCCCCCCCCC(=O)NCCCC[C@H](N)C(=O)N[C@@H](CCCCN)C(=O)N[C@@H](C)C(=O)N[C@@H](CC(C)C)C(=O)N[C@@H](Cc1cnc[nH]1)C(=O)N[C@@H](CCCN=C(N)N)C(=O)N[C@@H](CCC(N)=O)C(=O)N[C@@H](CCC(=O)O)C(=O)N[C@@H](C)C(=O)N[C@H](C(=O)N[C@@H](CC(=O)O)C(=O)N[C@@H](C)C(=O)N[C@@H](CC(C)C)C(=O)O)C(C)C. The van der Waals surface area contributed by atoms with E-state index in [1.807, 2.05) is 0 Å². The fraction of sp³-hybridized carbons (Fsp3) is 0.731. The van der Waals surface area contributed by atoms with E-state index in [0.717, 1.165) is 26.2 Å². The third kappa shape index (κ3) is 47.0. The van der Waals surface area contributed by atoms with Gasteiger partial charge in [-0.3, -0.25) is 81.7 Å². The number of aliphatic imine (C=N–C) groups is 1. The second-order valence-electron chi connectivity index (χ2n) is 31.3. The number of aromatic nitrogens is 2. The van der Waals surface area contributed by atoms with Crippen molar-refractivity contribution in [1.82, 2.24) is 79.1 Å². The van der Waals surface area contributed by atoms with Gasteiger partial charge < -0.3 is 118 Å². The van der Waals surface area contributed by atoms with E-state index >= 15 is 0 Å². The van der Waals surface area contributed by atoms with Gasteiger partial charge in [0.2, 0.25) is 82.7 Å². The zero-order valence-electron chi connectivity index (χ0n) is 70.9. The van der Waals surface area contributed by atoms with Crippen molar-refractivity contribution in [2.75, 3.05) is 19.6 Å². The van der Waals surface area contributed by atoms with E-state index in [0.29, 0.717) is 50.9 Å². The highest BCUT2D eigenvalue weighted by molar-refractivity contribution is 6.00. The van der Waals surface area contributed by atoms with Crippen molar-refractivity contribution in [3.8, 4) is 0 Å². The third-order valence-electron chi connectivity index (χ3n) is 19.1. The standard InChI is InChI=1S/C78H137N21O20/c1-11-12-13-14-15-16-17-18-19-20-21-30-61(101)85-36-25-23-27-51(80)68(109)91-52(28-22-24-35-79)69(110)88-47(8)65(106)95-56(38-44(2)3)74(115)96-57(40-50-42-84-43-87-50)75(116)92-53(29-26-37-86-78(82)83)71(112)93-54(31-33-60(81)100)72(113)94-55(32-34-62(102)103)70(111)89-49(10)67(108)99-64(46(6)7)76(117)97-58(41-63(104)105)73(114)90-48(9)66(107)98-59(77(118)119)39-45(4)5/h42-49,51-59,64H,11-41,79-80H2,1-10H3,(H2,81,100)(H,84,87)(H,85,101)(H,88,110)(H,89,111)(H,90,114)(H,91,109)(H,92,116)(H,93,112)(H,94,113)(H,95,106)(H,96,115)(H,97,117)(H,98,107)(H,99,108)(H,102,103)(H,104,105)(H,118,119)(H4,82,83,86)/t47-,48-,49-,51-,52-,53-,54-,55-,56-,57-,58-,59-,64-/m0/s1. The number of nitrogens with one attached hydrogen (secondary N) is 14. The topological polar surface area (TPSA) is 678 Å². The molecule has 0 spiro atoms. The van der Waals surface area contributed by atoms with Crippen molar-refractivity contribution in [2.45, 2.75) is 328 Å². The summed E-state index contributed by atoms with van der Waals surface area (Å²) in [4.78, 5) is 239. The molecule has 0 fully saturated rings. The van der Waals surface area contributed by atoms with Gasteiger partial charge in [0, 0.05) is 50.7 Å². The van der Waals surface area contributed by atoms with E-state index in [-0.39, 0.29) is 75.2 Å². The second kappa shape index (κ2) is 59.1. The van der Waals surface area contributed by atoms with Crippen LogP contribution in [0.25, 0.3) is 0 Å². The van der Waals surface area contributed by atoms with Crippen LogP contribution in [-0.4, -0.2) is 230 Å². The van der Waals surface area contributed by atoms with Gasteiger partial charge in [-0.2, -0.15) is 0 Å². The first-order valence-corrected chi connectivity index (χ1v) is 41.4. The number of unbranched alkanes of at least 4 members (excludes halogenated alkanes) is 12. The van der Waals surface area contributed by atoms with Crippen LogP contribution in [0.15, 0.2) is 17.5 Å². The molecule has 1 aromatic heterocycles. The summed E-state index contributed by atoms with van der Waals surface area (Å²) in [6, 6.07) is -19.5. The normalized spacial score (nSPS) is 14.5. The van der Waals surface area contributed by atoms with Crippen LogP contribution in [0, 0.1) is 17.8 Å². The lowest BCUT2D eigenvalue weighted by Crippen LogP contribution is -2.61. The summed E-state index contributed by atoms with van der Waals surface area (Å²) >= 11 is 0. The molecule has 27 N–H and O–H groups in total. The minimum absolute atomic E-state index is 0.0231. The minimum Gasteiger partial charge on any atom is -0.481 e. The molecule has 0 radical (unpaired) electrons. The molecule has 0 saturated heterocycles. The quantitative estimate of drug-likeness (QED) is 0.0206. The van der Waals surface area contributed by atoms with Crippen molar-refractivity contribution in [3.63, 3.8) is 0 Å². The Balaban J connectivity index is 3.45. The number of aromatic amines is 1. The zero-order chi connectivity index (χ0) is 89.9. The Morgan fingerprint density at radius 3 is 1.31 bits per heavy atom. The van der Waals surface area contributed by atoms with Gasteiger partial charge in [-0.1, -0.05) is 113 Å². The molecule has 0 aliphatic rings. The third-order valence-corrected chi connectivity index (χ3v) is 19.1. The summed E-state index contributed by atoms with van der Waals surface area (Å²) in [5.41, 5.74) is 29.0. The molecule has 0 aromatic carbocycles. The molecule has 41 heteroatoms. The summed E-state index contributed by atoms with van der Waals surface area (Å²) in [7, 11) is 0. The Morgan fingerprint density at radius 2 is 0.840 bits per heavy atom. The number of carboxylic acids is 3. The highest BCUT2D eigenvalue weighted by Gasteiger charge is 2.38. The summed E-state index contributed by atoms with van der Waals surface area (Å²) in [6.45, 7) is 16.3. The van der Waals surface area contributed by atoms with E-state index in [1.54, 1.807) is 27.7 Å². The molecule has 0 saturated carbocycles. The number of carbonyl (C=O) groups is 17. The number of nitrogens with two attached hydrogens (primary N) is 5. The van der Waals surface area contributed by atoms with Crippen molar-refractivity contribution in [3.05, 3.63) is 18.2 Å². The lowest BCUT2D eigenvalue weighted by atomic mass is 10.0. The number of rotatable bonds is 65. The van der Waals surface area contributed by atoms with Gasteiger partial charge in [0.25, 0.3) is 0 Å². The van der Waals surface area contributed by atoms with E-state index in [1.165, 1.54) is 91.6 Å². The van der Waals surface area contributed by atoms with E-state index in [2.05, 4.69) is 91.0 Å². The molecule has 0 aliphatic heterocycles. The molecule has 14 amide bonds. The average Bonchev–Trinajstić information content (AvgIpc) is 1.52. The number of carbonyl (C=O) groups excluding carboxylic acids is 14. The molecule has 13 atom stereocenters. The maximum absolute atomic E-state index is 14.7. The summed E-state index contributed by atoms with van der Waals surface area (Å²) in [5, 5.41) is 61.4. The summed E-state index contributed by atoms with van der Waals surface area (Å²) in [5.74, 6) is -18.9. The Kier molecular flexibility index (Phi) is 52.9. The van der Waals surface area contributed by atoms with Gasteiger partial charge in [-0.25, -0.2) is 9.78 Å². The summed E-state index contributed by atoms with van der Waals surface area (Å²) in [6.07, 6.45) is 14.1. The van der Waals surface area contributed by atoms with Gasteiger partial charge in [0.15, 0.2) is 5.96 Å². The molecule has 0 bridgehead atoms. The highest BCUT2D eigenvalue weighted by atomic mass is 16.4. The fourth-order valence-electron chi connectivity index (χ4n) is 12.3. The van der Waals surface area contributed by atoms with Gasteiger partial charge in [-0.05, 0) is 129 Å². The van der Waals surface area contributed by atoms with E-state index < -0.39 is 211 Å². The number of primary amides is 1. The van der Waals surface area contributed by atoms with Crippen molar-refractivity contribution >= 4 is 107 Å². The largest absolute Gasteiger partial charge is 0.481 e. The van der Waals surface area contributed by atoms with Crippen LogP contribution in [0.5, 0.6) is 0 Å². The lowest BCUT2D eigenvalue weighted by Gasteiger charge is -2.28. The van der Waals surface area contributed by atoms with Gasteiger partial charge in [0.05, 0.1) is 18.8 Å². The van der Waals surface area contributed by atoms with Crippen LogP contribution in [-0.2, 0) is 87.9 Å². The average molecular weight is 1690 g/mol. The number of carboxylic acid groups (broad SMARTS) is 3. The summed E-state index contributed by atoms with van der Waals surface area (Å²) < 4.78 is 0. The molecule has 0 aliphatic carbocycles. The molecule has 1 aromatic rings. The first kappa shape index (κ1) is 106. The number of amides is 14. The zero-order valence-corrected chi connectivity index (χ0v) is 70.9. The van der Waals surface area contributed by atoms with Crippen LogP contribution >= 0.6 is 0 Å². The number of guanidine groups is 1. The predicted molar refractivity (Wildman–Crippen MR) is 440 cm³/mol. The van der Waals surface area contributed by atoms with Gasteiger partial charge in [-0.15, -0.1) is 0 Å². The molecule has 1 heterocycles. The number of hydrogen-bond acceptors (Lipinski definition) is 21. The second-order valence-corrected chi connectivity index (χ2v) is 31.3. The first-order valence-electron chi connectivity index (χ1n) is 41.4. The molecule has 1 rings (SSSR count). The maximum atomic E-state index is 14.7. The van der Waals surface area contributed by atoms with Gasteiger partial charge in [0.1, 0.15) is 72.5 Å². The van der Waals surface area contributed by atoms with Crippen LogP contribution in [0.1, 0.15) is 248 Å². The molecular formula is C78H137N21O20. The predicted octanol–water partition coefficient (Wildman–Crippen LogP) is -1.24. The number of hydrogen-bond donors (Lipinski definition) is 22. The number of nitrogens with zero attached hydrogens (tertiary/aromatic N) is 2. The molecule has 119 heavy (non-hydrogen) atoms. The Labute approximate surface area is 696 Å². The van der Waals surface area contributed by atoms with Crippen LogP contribution in [0.4, 0.5) is 0 Å². The van der Waals surface area contributed by atoms with Crippen LogP contribution < -0.4 is 97.8 Å². The number of imidazole rings is 1. The molecule has 41 nitrogen and oxygen atoms in total. The van der Waals surface area contributed by atoms with Crippen molar-refractivity contribution < 1.29 is 96.8 Å². The monoisotopic (exact) mass is 1690 g/mol. The van der Waals surface area contributed by atoms with E-state index in [4.69, 9.17) is 28.7 Å². The van der Waals surface area contributed by atoms with E-state index in [9.17, 15) is 96.8 Å². The Hall–Kier alpha value is -10.6. The van der Waals surface area contributed by atoms with Gasteiger partial charge >= 0.3 is 17.9 Å². The Morgan fingerprint density at radius 1 is 0.420 bits per heavy atom. The molecule has 0 unspecified atom stereocenters. The highest BCUT2D eigenvalue weighted by Crippen LogP contribution is 2.16. The minimum atomic E-state index is -1.87. The lowest BCUT2D eigenvalue weighted by molar-refractivity contribution is -0.143. The van der Waals surface area contributed by atoms with Crippen LogP contribution in [0.2, 0.25) is 0 Å². The smallest absolute Gasteiger partial charge is 0.326 e. The van der Waals surface area contributed by atoms with Crippen molar-refractivity contribution in [1.29, 1.82) is 0 Å². The fourth-order valence-corrected chi connectivity index (χ4v) is 12.3.